The minimum Gasteiger partial charge on any atom is -0.383 e. The number of hydrogen-bond donors (Lipinski definition) is 2. The second-order valence-electron chi connectivity index (χ2n) is 5.54. The first-order valence-electron chi connectivity index (χ1n) is 7.12. The van der Waals surface area contributed by atoms with Crippen LogP contribution in [0, 0.1) is 0 Å². The molecule has 0 saturated heterocycles. The van der Waals surface area contributed by atoms with E-state index in [9.17, 15) is 4.79 Å². The number of pyridine rings is 1. The molecule has 3 rings (SSSR count). The van der Waals surface area contributed by atoms with Crippen molar-refractivity contribution in [1.29, 1.82) is 0 Å². The molecule has 0 radical (unpaired) electrons. The summed E-state index contributed by atoms with van der Waals surface area (Å²) < 4.78 is 5.49. The number of benzene rings is 1. The fourth-order valence-electron chi connectivity index (χ4n) is 2.70. The number of carbonyl (C=O) groups is 1. The summed E-state index contributed by atoms with van der Waals surface area (Å²) >= 11 is 0. The molecule has 1 aromatic carbocycles. The molecule has 3 N–H and O–H groups in total. The van der Waals surface area contributed by atoms with E-state index in [1.54, 1.807) is 13.2 Å². The van der Waals surface area contributed by atoms with E-state index in [-0.39, 0.29) is 11.5 Å². The summed E-state index contributed by atoms with van der Waals surface area (Å²) in [4.78, 5) is 16.5. The Morgan fingerprint density at radius 2 is 2.19 bits per heavy atom. The molecule has 5 nitrogen and oxygen atoms in total. The maximum absolute atomic E-state index is 12.3. The lowest BCUT2D eigenvalue weighted by Gasteiger charge is -2.40. The third kappa shape index (κ3) is 2.56. The highest BCUT2D eigenvalue weighted by molar-refractivity contribution is 5.99. The van der Waals surface area contributed by atoms with E-state index in [2.05, 4.69) is 10.3 Å². The molecule has 0 aliphatic heterocycles. The van der Waals surface area contributed by atoms with Crippen LogP contribution in [0.4, 0.5) is 5.82 Å². The van der Waals surface area contributed by atoms with Gasteiger partial charge in [0.15, 0.2) is 0 Å². The molecular weight excluding hydrogens is 266 g/mol. The fraction of sp³-hybridized carbons (Fsp3) is 0.375. The third-order valence-electron chi connectivity index (χ3n) is 4.27. The molecule has 1 aliphatic rings. The number of carbonyl (C=O) groups excluding carboxylic acids is 1. The largest absolute Gasteiger partial charge is 0.383 e. The lowest BCUT2D eigenvalue weighted by atomic mass is 9.80. The lowest BCUT2D eigenvalue weighted by molar-refractivity contribution is -0.0679. The molecule has 0 spiro atoms. The molecule has 1 saturated carbocycles. The molecule has 1 aromatic heterocycles. The normalized spacial score (nSPS) is 16.4. The lowest BCUT2D eigenvalue weighted by Crippen LogP contribution is -2.49. The summed E-state index contributed by atoms with van der Waals surface area (Å²) in [5.74, 6) is 0.166. The van der Waals surface area contributed by atoms with Gasteiger partial charge in [0.2, 0.25) is 0 Å². The minimum absolute atomic E-state index is 0.196. The van der Waals surface area contributed by atoms with Crippen molar-refractivity contribution in [2.45, 2.75) is 24.9 Å². The SMILES string of the molecule is COC1(CNC(=O)c2cc3ccccc3c(N)n2)CCC1. The zero-order valence-electron chi connectivity index (χ0n) is 12.1. The molecule has 5 heteroatoms. The second kappa shape index (κ2) is 5.33. The van der Waals surface area contributed by atoms with Crippen LogP contribution < -0.4 is 11.1 Å². The molecule has 1 heterocycles. The van der Waals surface area contributed by atoms with Crippen LogP contribution in [-0.4, -0.2) is 30.1 Å². The van der Waals surface area contributed by atoms with Gasteiger partial charge in [-0.25, -0.2) is 4.98 Å². The second-order valence-corrected chi connectivity index (χ2v) is 5.54. The molecule has 1 fully saturated rings. The summed E-state index contributed by atoms with van der Waals surface area (Å²) in [5, 5.41) is 4.68. The summed E-state index contributed by atoms with van der Waals surface area (Å²) in [7, 11) is 1.69. The molecule has 110 valence electrons. The van der Waals surface area contributed by atoms with Crippen molar-refractivity contribution in [3.8, 4) is 0 Å². The maximum Gasteiger partial charge on any atom is 0.270 e. The van der Waals surface area contributed by atoms with Crippen molar-refractivity contribution in [3.05, 3.63) is 36.0 Å². The van der Waals surface area contributed by atoms with Crippen LogP contribution in [0.3, 0.4) is 0 Å². The molecule has 1 amide bonds. The minimum atomic E-state index is -0.212. The number of rotatable bonds is 4. The summed E-state index contributed by atoms with van der Waals surface area (Å²) in [5.41, 5.74) is 6.07. The number of ether oxygens (including phenoxy) is 1. The van der Waals surface area contributed by atoms with E-state index in [1.165, 1.54) is 0 Å². The summed E-state index contributed by atoms with van der Waals surface area (Å²) in [6, 6.07) is 9.40. The van der Waals surface area contributed by atoms with Crippen LogP contribution in [0.1, 0.15) is 29.8 Å². The highest BCUT2D eigenvalue weighted by Crippen LogP contribution is 2.34. The Balaban J connectivity index is 1.78. The predicted molar refractivity (Wildman–Crippen MR) is 82.1 cm³/mol. The van der Waals surface area contributed by atoms with E-state index in [0.717, 1.165) is 30.0 Å². The third-order valence-corrected chi connectivity index (χ3v) is 4.27. The standard InChI is InChI=1S/C16H19N3O2/c1-21-16(7-4-8-16)10-18-15(20)13-9-11-5-2-3-6-12(11)14(17)19-13/h2-3,5-6,9H,4,7-8,10H2,1H3,(H2,17,19)(H,18,20). The molecular formula is C16H19N3O2. The number of hydrogen-bond acceptors (Lipinski definition) is 4. The zero-order chi connectivity index (χ0) is 14.9. The Bertz CT molecular complexity index is 675. The molecule has 0 bridgehead atoms. The molecule has 2 aromatic rings. The van der Waals surface area contributed by atoms with Gasteiger partial charge in [-0.3, -0.25) is 4.79 Å². The van der Waals surface area contributed by atoms with Gasteiger partial charge in [-0.1, -0.05) is 24.3 Å². The molecule has 1 aliphatic carbocycles. The Morgan fingerprint density at radius 3 is 2.86 bits per heavy atom. The van der Waals surface area contributed by atoms with E-state index in [4.69, 9.17) is 10.5 Å². The number of methoxy groups -OCH3 is 1. The number of fused-ring (bicyclic) bond motifs is 1. The van der Waals surface area contributed by atoms with Crippen molar-refractivity contribution in [3.63, 3.8) is 0 Å². The first-order chi connectivity index (χ1) is 10.1. The number of nitrogens with one attached hydrogen (secondary N) is 1. The predicted octanol–water partition coefficient (Wildman–Crippen LogP) is 2.12. The van der Waals surface area contributed by atoms with E-state index < -0.39 is 0 Å². The average Bonchev–Trinajstić information content (AvgIpc) is 2.46. The maximum atomic E-state index is 12.3. The van der Waals surface area contributed by atoms with Crippen LogP contribution in [0.25, 0.3) is 10.8 Å². The monoisotopic (exact) mass is 285 g/mol. The number of anilines is 1. The van der Waals surface area contributed by atoms with Crippen LogP contribution in [0.5, 0.6) is 0 Å². The van der Waals surface area contributed by atoms with E-state index in [1.807, 2.05) is 24.3 Å². The van der Waals surface area contributed by atoms with Crippen molar-refractivity contribution in [2.75, 3.05) is 19.4 Å². The van der Waals surface area contributed by atoms with Crippen molar-refractivity contribution in [1.82, 2.24) is 10.3 Å². The Labute approximate surface area is 123 Å². The number of amides is 1. The summed E-state index contributed by atoms with van der Waals surface area (Å²) in [6.07, 6.45) is 3.11. The first-order valence-corrected chi connectivity index (χ1v) is 7.12. The molecule has 0 unspecified atom stereocenters. The van der Waals surface area contributed by atoms with Crippen LogP contribution in [0.15, 0.2) is 30.3 Å². The number of aromatic nitrogens is 1. The van der Waals surface area contributed by atoms with Gasteiger partial charge in [0.05, 0.1) is 5.60 Å². The van der Waals surface area contributed by atoms with Gasteiger partial charge in [-0.15, -0.1) is 0 Å². The van der Waals surface area contributed by atoms with E-state index >= 15 is 0 Å². The summed E-state index contributed by atoms with van der Waals surface area (Å²) in [6.45, 7) is 0.511. The van der Waals surface area contributed by atoms with E-state index in [0.29, 0.717) is 18.1 Å². The van der Waals surface area contributed by atoms with Gasteiger partial charge in [0, 0.05) is 19.0 Å². The van der Waals surface area contributed by atoms with Crippen LogP contribution in [0.2, 0.25) is 0 Å². The first kappa shape index (κ1) is 13.8. The number of nitrogen functional groups attached to an aromatic ring is 1. The van der Waals surface area contributed by atoms with Crippen molar-refractivity contribution >= 4 is 22.5 Å². The fourth-order valence-corrected chi connectivity index (χ4v) is 2.70. The van der Waals surface area contributed by atoms with Gasteiger partial charge in [-0.2, -0.15) is 0 Å². The van der Waals surface area contributed by atoms with Gasteiger partial charge < -0.3 is 15.8 Å². The van der Waals surface area contributed by atoms with Gasteiger partial charge >= 0.3 is 0 Å². The Morgan fingerprint density at radius 1 is 1.43 bits per heavy atom. The van der Waals surface area contributed by atoms with Gasteiger partial charge in [0.1, 0.15) is 11.5 Å². The topological polar surface area (TPSA) is 77.2 Å². The quantitative estimate of drug-likeness (QED) is 0.902. The number of nitrogens with zero attached hydrogens (tertiary/aromatic N) is 1. The van der Waals surface area contributed by atoms with Crippen molar-refractivity contribution in [2.24, 2.45) is 0 Å². The average molecular weight is 285 g/mol. The molecule has 21 heavy (non-hydrogen) atoms. The van der Waals surface area contributed by atoms with Crippen LogP contribution in [-0.2, 0) is 4.74 Å². The van der Waals surface area contributed by atoms with Crippen LogP contribution >= 0.6 is 0 Å². The smallest absolute Gasteiger partial charge is 0.270 e. The van der Waals surface area contributed by atoms with Crippen molar-refractivity contribution < 1.29 is 9.53 Å². The molecule has 0 atom stereocenters. The zero-order valence-corrected chi connectivity index (χ0v) is 12.1. The Kier molecular flexibility index (Phi) is 3.51. The number of nitrogens with two attached hydrogens (primary N) is 1. The Hall–Kier alpha value is -2.14. The highest BCUT2D eigenvalue weighted by atomic mass is 16.5. The van der Waals surface area contributed by atoms with Gasteiger partial charge in [-0.05, 0) is 30.7 Å². The highest BCUT2D eigenvalue weighted by Gasteiger charge is 2.37. The van der Waals surface area contributed by atoms with Gasteiger partial charge in [0.25, 0.3) is 5.91 Å².